The number of nitrogen functional groups attached to an aromatic ring is 1. The number of para-hydroxylation sites is 1. The van der Waals surface area contributed by atoms with Crippen molar-refractivity contribution in [1.82, 2.24) is 30.1 Å². The van der Waals surface area contributed by atoms with Gasteiger partial charge >= 0.3 is 5.97 Å². The molecule has 1 spiro atoms. The summed E-state index contributed by atoms with van der Waals surface area (Å²) >= 11 is 0. The van der Waals surface area contributed by atoms with Gasteiger partial charge in [-0.1, -0.05) is 26.0 Å². The number of nitrogens with two attached hydrogens (primary N) is 1. The van der Waals surface area contributed by atoms with Gasteiger partial charge in [0.05, 0.1) is 31.2 Å². The van der Waals surface area contributed by atoms with E-state index in [9.17, 15) is 4.79 Å². The van der Waals surface area contributed by atoms with Crippen LogP contribution in [0, 0.1) is 5.92 Å². The molecule has 0 radical (unpaired) electrons. The minimum atomic E-state index is -0.511. The van der Waals surface area contributed by atoms with E-state index in [1.807, 2.05) is 62.5 Å². The van der Waals surface area contributed by atoms with Crippen LogP contribution in [-0.2, 0) is 19.0 Å². The average Bonchev–Trinajstić information content (AvgIpc) is 3.68. The standard InChI is InChI=1S/C41H55N9O8/c1-5-54-40(51)38(29(2)3)35-24-37(46-58-35)56-21-19-48-14-12-47(13-15-48)18-20-55-36-22-30(10-11-43-36)50-17-16-49(25-41(50)26-53-27-41)33-23-32(44-45-39(33)42)31-8-6-7-9-34(31)57-28-52-4/h6-11,22-24,29,38H,5,12-21,25-28H2,1-4H3,(H2,42,45). The number of methoxy groups -OCH3 is 1. The van der Waals surface area contributed by atoms with Crippen molar-refractivity contribution in [2.45, 2.75) is 32.2 Å². The lowest BCUT2D eigenvalue weighted by Crippen LogP contribution is -2.72. The number of hydrogen-bond acceptors (Lipinski definition) is 17. The first-order valence-corrected chi connectivity index (χ1v) is 20.0. The van der Waals surface area contributed by atoms with Crippen LogP contribution < -0.4 is 29.7 Å². The molecule has 4 aromatic rings. The van der Waals surface area contributed by atoms with E-state index in [1.54, 1.807) is 20.1 Å². The summed E-state index contributed by atoms with van der Waals surface area (Å²) in [6, 6.07) is 15.4. The molecule has 312 valence electrons. The number of ether oxygens (including phenoxy) is 6. The molecule has 3 aliphatic heterocycles. The number of aromatic nitrogens is 4. The highest BCUT2D eigenvalue weighted by molar-refractivity contribution is 5.78. The number of piperazine rings is 2. The molecular weight excluding hydrogens is 747 g/mol. The molecule has 17 heteroatoms. The predicted molar refractivity (Wildman–Crippen MR) is 216 cm³/mol. The van der Waals surface area contributed by atoms with Crippen molar-refractivity contribution in [1.29, 1.82) is 0 Å². The number of hydrogen-bond donors (Lipinski definition) is 1. The van der Waals surface area contributed by atoms with Crippen molar-refractivity contribution in [2.24, 2.45) is 5.92 Å². The Labute approximate surface area is 339 Å². The molecule has 0 aliphatic carbocycles. The number of carbonyl (C=O) groups excluding carboxylic acids is 1. The minimum Gasteiger partial charge on any atom is -0.476 e. The van der Waals surface area contributed by atoms with Gasteiger partial charge in [-0.2, -0.15) is 0 Å². The van der Waals surface area contributed by atoms with Gasteiger partial charge in [0.25, 0.3) is 5.88 Å². The molecule has 1 aromatic carbocycles. The summed E-state index contributed by atoms with van der Waals surface area (Å²) in [6.07, 6.45) is 1.81. The Balaban J connectivity index is 0.873. The second-order valence-corrected chi connectivity index (χ2v) is 15.1. The Morgan fingerprint density at radius 1 is 0.914 bits per heavy atom. The maximum atomic E-state index is 12.4. The van der Waals surface area contributed by atoms with E-state index < -0.39 is 5.92 Å². The van der Waals surface area contributed by atoms with Gasteiger partial charge in [-0.15, -0.1) is 10.2 Å². The fourth-order valence-corrected chi connectivity index (χ4v) is 7.75. The van der Waals surface area contributed by atoms with Crippen LogP contribution in [0.15, 0.2) is 59.3 Å². The van der Waals surface area contributed by atoms with Crippen molar-refractivity contribution < 1.29 is 37.7 Å². The second kappa shape index (κ2) is 19.0. The maximum Gasteiger partial charge on any atom is 0.317 e. The lowest BCUT2D eigenvalue weighted by molar-refractivity contribution is -0.146. The van der Waals surface area contributed by atoms with E-state index in [-0.39, 0.29) is 24.2 Å². The molecule has 58 heavy (non-hydrogen) atoms. The van der Waals surface area contributed by atoms with Crippen molar-refractivity contribution in [2.75, 3.05) is 121 Å². The smallest absolute Gasteiger partial charge is 0.317 e. The van der Waals surface area contributed by atoms with E-state index in [0.29, 0.717) is 74.4 Å². The topological polar surface area (TPSA) is 176 Å². The summed E-state index contributed by atoms with van der Waals surface area (Å²) in [6.45, 7) is 15.8. The third-order valence-electron chi connectivity index (χ3n) is 10.9. The molecule has 0 saturated carbocycles. The first-order valence-electron chi connectivity index (χ1n) is 20.0. The van der Waals surface area contributed by atoms with E-state index in [4.69, 9.17) is 38.7 Å². The molecule has 3 saturated heterocycles. The summed E-state index contributed by atoms with van der Waals surface area (Å²) in [5.74, 6) is 1.67. The molecule has 3 aliphatic rings. The Kier molecular flexibility index (Phi) is 13.4. The third kappa shape index (κ3) is 9.55. The number of benzene rings is 1. The maximum absolute atomic E-state index is 12.4. The van der Waals surface area contributed by atoms with Crippen LogP contribution in [0.3, 0.4) is 0 Å². The molecule has 3 fully saturated rings. The molecular formula is C41H55N9O8. The number of nitrogens with zero attached hydrogens (tertiary/aromatic N) is 8. The molecule has 2 N–H and O–H groups in total. The van der Waals surface area contributed by atoms with Gasteiger partial charge in [-0.25, -0.2) is 4.98 Å². The van der Waals surface area contributed by atoms with Gasteiger partial charge < -0.3 is 48.5 Å². The second-order valence-electron chi connectivity index (χ2n) is 15.1. The highest BCUT2D eigenvalue weighted by atomic mass is 16.7. The fraction of sp³-hybridized carbons (Fsp3) is 0.537. The van der Waals surface area contributed by atoms with Crippen molar-refractivity contribution in [3.63, 3.8) is 0 Å². The van der Waals surface area contributed by atoms with Gasteiger partial charge in [0.2, 0.25) is 5.88 Å². The van der Waals surface area contributed by atoms with Crippen LogP contribution in [0.25, 0.3) is 11.3 Å². The van der Waals surface area contributed by atoms with Crippen LogP contribution in [0.4, 0.5) is 17.2 Å². The molecule has 1 unspecified atom stereocenters. The van der Waals surface area contributed by atoms with Gasteiger partial charge in [0.15, 0.2) is 18.4 Å². The number of rotatable bonds is 18. The van der Waals surface area contributed by atoms with Crippen LogP contribution >= 0.6 is 0 Å². The highest BCUT2D eigenvalue weighted by Gasteiger charge is 2.48. The van der Waals surface area contributed by atoms with Gasteiger partial charge in [-0.05, 0) is 42.3 Å². The van der Waals surface area contributed by atoms with Crippen LogP contribution in [0.2, 0.25) is 0 Å². The van der Waals surface area contributed by atoms with Crippen molar-refractivity contribution >= 4 is 23.2 Å². The summed E-state index contributed by atoms with van der Waals surface area (Å²) in [7, 11) is 1.59. The summed E-state index contributed by atoms with van der Waals surface area (Å²) < 4.78 is 39.5. The minimum absolute atomic E-state index is 0.0110. The SMILES string of the molecule is CCOC(=O)C(c1cc(OCCN2CCN(CCOc3cc(N4CCN(c5cc(-c6ccccc6OCOC)nnc5N)CC45COC5)ccn3)CC2)no1)C(C)C. The van der Waals surface area contributed by atoms with Crippen LogP contribution in [0.1, 0.15) is 32.4 Å². The molecule has 6 heterocycles. The number of pyridine rings is 1. The number of anilines is 3. The van der Waals surface area contributed by atoms with E-state index >= 15 is 0 Å². The first kappa shape index (κ1) is 40.9. The normalized spacial score (nSPS) is 17.6. The van der Waals surface area contributed by atoms with Gasteiger partial charge in [0.1, 0.15) is 30.4 Å². The fourth-order valence-electron chi connectivity index (χ4n) is 7.75. The lowest BCUT2D eigenvalue weighted by atomic mass is 9.90. The Hall–Kier alpha value is -5.23. The molecule has 0 bridgehead atoms. The zero-order chi connectivity index (χ0) is 40.5. The Bertz CT molecular complexity index is 1950. The first-order chi connectivity index (χ1) is 28.3. The van der Waals surface area contributed by atoms with Crippen LogP contribution in [-0.4, -0.2) is 147 Å². The zero-order valence-corrected chi connectivity index (χ0v) is 33.9. The molecule has 3 aromatic heterocycles. The van der Waals surface area contributed by atoms with E-state index in [2.05, 4.69) is 39.9 Å². The molecule has 1 atom stereocenters. The van der Waals surface area contributed by atoms with Gasteiger partial charge in [-0.3, -0.25) is 14.6 Å². The summed E-state index contributed by atoms with van der Waals surface area (Å²) in [4.78, 5) is 26.4. The number of esters is 1. The molecule has 7 rings (SSSR count). The van der Waals surface area contributed by atoms with Crippen molar-refractivity contribution in [3.05, 3.63) is 60.5 Å². The largest absolute Gasteiger partial charge is 0.476 e. The summed E-state index contributed by atoms with van der Waals surface area (Å²) in [5.41, 5.74) is 9.58. The quantitative estimate of drug-likeness (QED) is 0.114. The average molecular weight is 802 g/mol. The lowest BCUT2D eigenvalue weighted by Gasteiger charge is -2.56. The molecule has 0 amide bonds. The highest BCUT2D eigenvalue weighted by Crippen LogP contribution is 2.39. The molecule has 17 nitrogen and oxygen atoms in total. The predicted octanol–water partition coefficient (Wildman–Crippen LogP) is 3.57. The summed E-state index contributed by atoms with van der Waals surface area (Å²) in [5, 5.41) is 12.8. The zero-order valence-electron chi connectivity index (χ0n) is 33.9. The van der Waals surface area contributed by atoms with Gasteiger partial charge in [0, 0.05) is 95.6 Å². The number of carbonyl (C=O) groups is 1. The third-order valence-corrected chi connectivity index (χ3v) is 10.9. The Morgan fingerprint density at radius 2 is 1.66 bits per heavy atom. The van der Waals surface area contributed by atoms with E-state index in [1.165, 1.54) is 0 Å². The van der Waals surface area contributed by atoms with E-state index in [0.717, 1.165) is 69.3 Å². The van der Waals surface area contributed by atoms with Crippen molar-refractivity contribution in [3.8, 4) is 28.8 Å². The monoisotopic (exact) mass is 801 g/mol. The van der Waals surface area contributed by atoms with Crippen LogP contribution in [0.5, 0.6) is 17.5 Å². The Morgan fingerprint density at radius 3 is 2.34 bits per heavy atom.